The van der Waals surface area contributed by atoms with Gasteiger partial charge in [0, 0.05) is 18.3 Å². The summed E-state index contributed by atoms with van der Waals surface area (Å²) in [5.41, 5.74) is 1.91. The van der Waals surface area contributed by atoms with Crippen LogP contribution in [0.15, 0.2) is 53.7 Å². The van der Waals surface area contributed by atoms with Gasteiger partial charge in [-0.25, -0.2) is 4.98 Å². The zero-order valence-electron chi connectivity index (χ0n) is 12.7. The van der Waals surface area contributed by atoms with E-state index in [0.717, 1.165) is 42.0 Å². The van der Waals surface area contributed by atoms with Crippen LogP contribution in [0.2, 0.25) is 0 Å². The summed E-state index contributed by atoms with van der Waals surface area (Å²) in [6.45, 7) is 0.822. The Morgan fingerprint density at radius 3 is 2.68 bits per heavy atom. The zero-order chi connectivity index (χ0) is 15.4. The molecule has 1 aromatic carbocycles. The van der Waals surface area contributed by atoms with Gasteiger partial charge in [-0.05, 0) is 49.3 Å². The molecule has 3 nitrogen and oxygen atoms in total. The number of aromatic nitrogens is 1. The fourth-order valence-electron chi connectivity index (χ4n) is 2.98. The number of amides is 1. The maximum absolute atomic E-state index is 12.8. The number of thioether (sulfide) groups is 1. The van der Waals surface area contributed by atoms with E-state index >= 15 is 0 Å². The molecule has 1 unspecified atom stereocenters. The smallest absolute Gasteiger partial charge is 0.254 e. The van der Waals surface area contributed by atoms with Crippen molar-refractivity contribution in [1.82, 2.24) is 9.88 Å². The molecule has 1 atom stereocenters. The minimum atomic E-state index is 0.124. The highest BCUT2D eigenvalue weighted by molar-refractivity contribution is 7.98. The molecule has 0 aliphatic carbocycles. The van der Waals surface area contributed by atoms with E-state index in [1.807, 2.05) is 53.8 Å². The van der Waals surface area contributed by atoms with Crippen LogP contribution in [0.3, 0.4) is 0 Å². The number of likely N-dealkylation sites (tertiary alicyclic amines) is 1. The lowest BCUT2D eigenvalue weighted by Crippen LogP contribution is -2.38. The molecule has 1 amide bonds. The van der Waals surface area contributed by atoms with Crippen molar-refractivity contribution >= 4 is 17.7 Å². The fraction of sp³-hybridized carbons (Fsp3) is 0.333. The van der Waals surface area contributed by atoms with Crippen molar-refractivity contribution < 1.29 is 4.79 Å². The second-order valence-electron chi connectivity index (χ2n) is 5.51. The Morgan fingerprint density at radius 2 is 2.00 bits per heavy atom. The molecule has 0 radical (unpaired) electrons. The summed E-state index contributed by atoms with van der Waals surface area (Å²) in [6, 6.07) is 13.9. The number of benzene rings is 1. The summed E-state index contributed by atoms with van der Waals surface area (Å²) < 4.78 is 0. The van der Waals surface area contributed by atoms with Crippen LogP contribution in [-0.4, -0.2) is 28.6 Å². The van der Waals surface area contributed by atoms with Crippen LogP contribution in [0, 0.1) is 0 Å². The van der Waals surface area contributed by atoms with Gasteiger partial charge in [-0.2, -0.15) is 0 Å². The average Bonchev–Trinajstić information content (AvgIpc) is 2.62. The van der Waals surface area contributed by atoms with Crippen molar-refractivity contribution in [3.8, 4) is 0 Å². The number of piperidine rings is 1. The van der Waals surface area contributed by atoms with Crippen LogP contribution in [0.4, 0.5) is 0 Å². The van der Waals surface area contributed by atoms with Gasteiger partial charge >= 0.3 is 0 Å². The first kappa shape index (κ1) is 15.1. The van der Waals surface area contributed by atoms with E-state index in [4.69, 9.17) is 0 Å². The largest absolute Gasteiger partial charge is 0.332 e. The number of hydrogen-bond donors (Lipinski definition) is 0. The van der Waals surface area contributed by atoms with E-state index in [1.165, 1.54) is 0 Å². The summed E-state index contributed by atoms with van der Waals surface area (Å²) in [5, 5.41) is 1.01. The Balaban J connectivity index is 1.86. The second-order valence-corrected chi connectivity index (χ2v) is 6.34. The van der Waals surface area contributed by atoms with Crippen molar-refractivity contribution in [3.05, 3.63) is 59.8 Å². The Hall–Kier alpha value is -1.81. The Bertz CT molecular complexity index is 627. The lowest BCUT2D eigenvalue weighted by Gasteiger charge is -2.36. The predicted molar refractivity (Wildman–Crippen MR) is 90.1 cm³/mol. The standard InChI is InChI=1S/C18H20N2OS/c1-22-17-11-10-15(13-19-17)16-9-5-6-12-20(16)18(21)14-7-3-2-4-8-14/h2-4,7-8,10-11,13,16H,5-6,9,12H2,1H3. The minimum Gasteiger partial charge on any atom is -0.332 e. The van der Waals surface area contributed by atoms with Gasteiger partial charge in [0.15, 0.2) is 0 Å². The molecule has 3 rings (SSSR count). The number of rotatable bonds is 3. The van der Waals surface area contributed by atoms with Gasteiger partial charge in [0.05, 0.1) is 11.1 Å². The van der Waals surface area contributed by atoms with Gasteiger partial charge in [0.2, 0.25) is 0 Å². The molecule has 1 aromatic heterocycles. The Morgan fingerprint density at radius 1 is 1.18 bits per heavy atom. The van der Waals surface area contributed by atoms with E-state index in [9.17, 15) is 4.79 Å². The van der Waals surface area contributed by atoms with Gasteiger partial charge in [0.25, 0.3) is 5.91 Å². The first-order chi connectivity index (χ1) is 10.8. The first-order valence-corrected chi connectivity index (χ1v) is 8.88. The normalized spacial score (nSPS) is 18.2. The van der Waals surface area contributed by atoms with Crippen molar-refractivity contribution in [1.29, 1.82) is 0 Å². The molecule has 0 bridgehead atoms. The number of pyridine rings is 1. The second kappa shape index (κ2) is 6.97. The van der Waals surface area contributed by atoms with Gasteiger partial charge < -0.3 is 4.90 Å². The molecule has 2 aromatic rings. The summed E-state index contributed by atoms with van der Waals surface area (Å²) in [7, 11) is 0. The van der Waals surface area contributed by atoms with Crippen molar-refractivity contribution in [2.45, 2.75) is 30.3 Å². The van der Waals surface area contributed by atoms with Crippen molar-refractivity contribution in [2.24, 2.45) is 0 Å². The van der Waals surface area contributed by atoms with Gasteiger partial charge in [-0.1, -0.05) is 24.3 Å². The predicted octanol–water partition coefficient (Wildman–Crippen LogP) is 4.17. The molecule has 22 heavy (non-hydrogen) atoms. The molecular formula is C18H20N2OS. The molecular weight excluding hydrogens is 292 g/mol. The summed E-state index contributed by atoms with van der Waals surface area (Å²) >= 11 is 1.64. The van der Waals surface area contributed by atoms with E-state index < -0.39 is 0 Å². The van der Waals surface area contributed by atoms with Crippen LogP contribution in [-0.2, 0) is 0 Å². The Labute approximate surface area is 135 Å². The lowest BCUT2D eigenvalue weighted by molar-refractivity contribution is 0.0611. The third kappa shape index (κ3) is 3.17. The maximum atomic E-state index is 12.8. The van der Waals surface area contributed by atoms with Crippen LogP contribution >= 0.6 is 11.8 Å². The van der Waals surface area contributed by atoms with Crippen molar-refractivity contribution in [2.75, 3.05) is 12.8 Å². The van der Waals surface area contributed by atoms with Crippen LogP contribution in [0.5, 0.6) is 0 Å². The topological polar surface area (TPSA) is 33.2 Å². The van der Waals surface area contributed by atoms with E-state index in [-0.39, 0.29) is 11.9 Å². The molecule has 0 spiro atoms. The fourth-order valence-corrected chi connectivity index (χ4v) is 3.34. The molecule has 1 aliphatic rings. The quantitative estimate of drug-likeness (QED) is 0.798. The van der Waals surface area contributed by atoms with Gasteiger partial charge in [-0.15, -0.1) is 11.8 Å². The highest BCUT2D eigenvalue weighted by Crippen LogP contribution is 2.32. The molecule has 0 N–H and O–H groups in total. The molecule has 0 saturated carbocycles. The maximum Gasteiger partial charge on any atom is 0.254 e. The summed E-state index contributed by atoms with van der Waals surface area (Å²) in [4.78, 5) is 19.3. The minimum absolute atomic E-state index is 0.124. The van der Waals surface area contributed by atoms with Crippen LogP contribution in [0.25, 0.3) is 0 Å². The zero-order valence-corrected chi connectivity index (χ0v) is 13.6. The Kier molecular flexibility index (Phi) is 4.78. The van der Waals surface area contributed by atoms with E-state index in [0.29, 0.717) is 0 Å². The summed E-state index contributed by atoms with van der Waals surface area (Å²) in [5.74, 6) is 0.124. The van der Waals surface area contributed by atoms with Crippen LogP contribution in [0.1, 0.15) is 41.2 Å². The highest BCUT2D eigenvalue weighted by Gasteiger charge is 2.28. The van der Waals surface area contributed by atoms with Crippen LogP contribution < -0.4 is 0 Å². The molecule has 1 fully saturated rings. The first-order valence-electron chi connectivity index (χ1n) is 7.65. The van der Waals surface area contributed by atoms with E-state index in [2.05, 4.69) is 11.1 Å². The average molecular weight is 312 g/mol. The summed E-state index contributed by atoms with van der Waals surface area (Å²) in [6.07, 6.45) is 7.19. The SMILES string of the molecule is CSc1ccc(C2CCCCN2C(=O)c2ccccc2)cn1. The number of carbonyl (C=O) groups excluding carboxylic acids is 1. The number of hydrogen-bond acceptors (Lipinski definition) is 3. The lowest BCUT2D eigenvalue weighted by atomic mass is 9.95. The molecule has 2 heterocycles. The number of nitrogens with zero attached hydrogens (tertiary/aromatic N) is 2. The third-order valence-corrected chi connectivity index (χ3v) is 4.80. The molecule has 4 heteroatoms. The number of carbonyl (C=O) groups is 1. The highest BCUT2D eigenvalue weighted by atomic mass is 32.2. The van der Waals surface area contributed by atoms with Gasteiger partial charge in [0.1, 0.15) is 0 Å². The third-order valence-electron chi connectivity index (χ3n) is 4.14. The molecule has 114 valence electrons. The molecule has 1 saturated heterocycles. The van der Waals surface area contributed by atoms with E-state index in [1.54, 1.807) is 11.8 Å². The monoisotopic (exact) mass is 312 g/mol. The van der Waals surface area contributed by atoms with Crippen molar-refractivity contribution in [3.63, 3.8) is 0 Å². The van der Waals surface area contributed by atoms with Gasteiger partial charge in [-0.3, -0.25) is 4.79 Å². The molecule has 1 aliphatic heterocycles.